The SMILES string of the molecule is Cc1cccc(S(=O)(=O)N2CCN(c3ccc(N4CCCC4)nn3)CC2)c1. The Morgan fingerprint density at radius 2 is 1.41 bits per heavy atom. The molecule has 0 atom stereocenters. The molecule has 27 heavy (non-hydrogen) atoms. The zero-order chi connectivity index (χ0) is 18.9. The third-order valence-electron chi connectivity index (χ3n) is 5.26. The Morgan fingerprint density at radius 1 is 0.815 bits per heavy atom. The summed E-state index contributed by atoms with van der Waals surface area (Å²) in [6, 6.07) is 11.1. The molecular weight excluding hydrogens is 362 g/mol. The van der Waals surface area contributed by atoms with E-state index < -0.39 is 10.0 Å². The number of hydrogen-bond acceptors (Lipinski definition) is 6. The van der Waals surface area contributed by atoms with Crippen LogP contribution in [0.5, 0.6) is 0 Å². The van der Waals surface area contributed by atoms with Crippen LogP contribution < -0.4 is 9.80 Å². The van der Waals surface area contributed by atoms with Gasteiger partial charge in [0.05, 0.1) is 4.90 Å². The van der Waals surface area contributed by atoms with Gasteiger partial charge in [-0.15, -0.1) is 10.2 Å². The van der Waals surface area contributed by atoms with Gasteiger partial charge in [0.15, 0.2) is 11.6 Å². The summed E-state index contributed by atoms with van der Waals surface area (Å²) in [7, 11) is -3.44. The van der Waals surface area contributed by atoms with E-state index in [1.54, 1.807) is 22.5 Å². The van der Waals surface area contributed by atoms with Gasteiger partial charge in [0.25, 0.3) is 0 Å². The first-order valence-corrected chi connectivity index (χ1v) is 10.9. The molecular formula is C19H25N5O2S. The second-order valence-corrected chi connectivity index (χ2v) is 9.09. The van der Waals surface area contributed by atoms with Crippen molar-refractivity contribution in [3.8, 4) is 0 Å². The molecule has 1 aromatic carbocycles. The highest BCUT2D eigenvalue weighted by atomic mass is 32.2. The summed E-state index contributed by atoms with van der Waals surface area (Å²) in [5.41, 5.74) is 0.947. The molecule has 0 N–H and O–H groups in total. The lowest BCUT2D eigenvalue weighted by molar-refractivity contribution is 0.383. The number of anilines is 2. The number of aryl methyl sites for hydroxylation is 1. The summed E-state index contributed by atoms with van der Waals surface area (Å²) in [4.78, 5) is 4.72. The highest BCUT2D eigenvalue weighted by Crippen LogP contribution is 2.22. The molecule has 2 aromatic rings. The van der Waals surface area contributed by atoms with Gasteiger partial charge in [-0.05, 0) is 49.6 Å². The number of hydrogen-bond donors (Lipinski definition) is 0. The molecule has 0 radical (unpaired) electrons. The molecule has 1 aromatic heterocycles. The second-order valence-electron chi connectivity index (χ2n) is 7.15. The van der Waals surface area contributed by atoms with E-state index in [0.29, 0.717) is 31.1 Å². The molecule has 2 aliphatic rings. The predicted octanol–water partition coefficient (Wildman–Crippen LogP) is 1.90. The first-order valence-electron chi connectivity index (χ1n) is 9.44. The van der Waals surface area contributed by atoms with Crippen LogP contribution in [0.2, 0.25) is 0 Å². The molecule has 0 bridgehead atoms. The van der Waals surface area contributed by atoms with Crippen LogP contribution in [0.3, 0.4) is 0 Å². The fraction of sp³-hybridized carbons (Fsp3) is 0.474. The summed E-state index contributed by atoms with van der Waals surface area (Å²) in [6.45, 7) is 6.12. The summed E-state index contributed by atoms with van der Waals surface area (Å²) in [5, 5.41) is 8.73. The fourth-order valence-electron chi connectivity index (χ4n) is 3.68. The molecule has 8 heteroatoms. The van der Waals surface area contributed by atoms with E-state index in [1.807, 2.05) is 25.1 Å². The fourth-order valence-corrected chi connectivity index (χ4v) is 5.21. The Labute approximate surface area is 160 Å². The Hall–Kier alpha value is -2.19. The molecule has 0 aliphatic carbocycles. The van der Waals surface area contributed by atoms with Crippen molar-refractivity contribution in [2.75, 3.05) is 49.1 Å². The number of sulfonamides is 1. The van der Waals surface area contributed by atoms with E-state index in [-0.39, 0.29) is 0 Å². The topological polar surface area (TPSA) is 69.6 Å². The zero-order valence-corrected chi connectivity index (χ0v) is 16.4. The highest BCUT2D eigenvalue weighted by Gasteiger charge is 2.29. The van der Waals surface area contributed by atoms with Crippen LogP contribution in [0, 0.1) is 6.92 Å². The van der Waals surface area contributed by atoms with E-state index in [2.05, 4.69) is 20.0 Å². The van der Waals surface area contributed by atoms with Crippen LogP contribution in [-0.4, -0.2) is 62.2 Å². The maximum absolute atomic E-state index is 12.8. The Balaban J connectivity index is 1.41. The van der Waals surface area contributed by atoms with Gasteiger partial charge in [-0.3, -0.25) is 0 Å². The van der Waals surface area contributed by atoms with E-state index in [1.165, 1.54) is 12.8 Å². The molecule has 0 amide bonds. The van der Waals surface area contributed by atoms with Crippen molar-refractivity contribution < 1.29 is 8.42 Å². The molecule has 7 nitrogen and oxygen atoms in total. The summed E-state index contributed by atoms with van der Waals surface area (Å²) >= 11 is 0. The van der Waals surface area contributed by atoms with Gasteiger partial charge in [-0.1, -0.05) is 12.1 Å². The number of rotatable bonds is 4. The van der Waals surface area contributed by atoms with Crippen molar-refractivity contribution in [3.63, 3.8) is 0 Å². The maximum Gasteiger partial charge on any atom is 0.243 e. The average molecular weight is 388 g/mol. The van der Waals surface area contributed by atoms with E-state index in [9.17, 15) is 8.42 Å². The lowest BCUT2D eigenvalue weighted by atomic mass is 10.2. The third-order valence-corrected chi connectivity index (χ3v) is 7.15. The van der Waals surface area contributed by atoms with Crippen LogP contribution >= 0.6 is 0 Å². The number of benzene rings is 1. The second kappa shape index (κ2) is 7.44. The summed E-state index contributed by atoms with van der Waals surface area (Å²) in [5.74, 6) is 1.74. The number of piperazine rings is 1. The summed E-state index contributed by atoms with van der Waals surface area (Å²) in [6.07, 6.45) is 2.42. The van der Waals surface area contributed by atoms with Crippen molar-refractivity contribution in [2.24, 2.45) is 0 Å². The molecule has 0 unspecified atom stereocenters. The van der Waals surface area contributed by atoms with Gasteiger partial charge in [0, 0.05) is 39.3 Å². The van der Waals surface area contributed by atoms with Crippen molar-refractivity contribution >= 4 is 21.7 Å². The van der Waals surface area contributed by atoms with Crippen LogP contribution in [0.15, 0.2) is 41.3 Å². The molecule has 0 saturated carbocycles. The minimum absolute atomic E-state index is 0.366. The molecule has 3 heterocycles. The molecule has 4 rings (SSSR count). The van der Waals surface area contributed by atoms with Crippen molar-refractivity contribution in [1.82, 2.24) is 14.5 Å². The number of nitrogens with zero attached hydrogens (tertiary/aromatic N) is 5. The minimum Gasteiger partial charge on any atom is -0.355 e. The molecule has 144 valence electrons. The Morgan fingerprint density at radius 3 is 1.96 bits per heavy atom. The lowest BCUT2D eigenvalue weighted by Crippen LogP contribution is -2.49. The highest BCUT2D eigenvalue weighted by molar-refractivity contribution is 7.89. The standard InChI is InChI=1S/C19H25N5O2S/c1-16-5-4-6-17(15-16)27(25,26)24-13-11-23(12-14-24)19-8-7-18(20-21-19)22-9-2-3-10-22/h4-8,15H,2-3,9-14H2,1H3. The first-order chi connectivity index (χ1) is 13.0. The van der Waals surface area contributed by atoms with Gasteiger partial charge in [-0.2, -0.15) is 4.31 Å². The van der Waals surface area contributed by atoms with Crippen molar-refractivity contribution in [2.45, 2.75) is 24.7 Å². The van der Waals surface area contributed by atoms with Crippen molar-refractivity contribution in [3.05, 3.63) is 42.0 Å². The summed E-state index contributed by atoms with van der Waals surface area (Å²) < 4.78 is 27.3. The smallest absolute Gasteiger partial charge is 0.243 e. The molecule has 2 saturated heterocycles. The van der Waals surface area contributed by atoms with E-state index in [4.69, 9.17) is 0 Å². The average Bonchev–Trinajstić information content (AvgIpc) is 3.23. The van der Waals surface area contributed by atoms with E-state index in [0.717, 1.165) is 30.3 Å². The molecule has 2 fully saturated rings. The Kier molecular flexibility index (Phi) is 5.01. The van der Waals surface area contributed by atoms with Crippen LogP contribution in [-0.2, 0) is 10.0 Å². The predicted molar refractivity (Wildman–Crippen MR) is 106 cm³/mol. The van der Waals surface area contributed by atoms with Gasteiger partial charge in [0.2, 0.25) is 10.0 Å². The lowest BCUT2D eigenvalue weighted by Gasteiger charge is -2.34. The van der Waals surface area contributed by atoms with Crippen LogP contribution in [0.25, 0.3) is 0 Å². The van der Waals surface area contributed by atoms with Crippen LogP contribution in [0.1, 0.15) is 18.4 Å². The third kappa shape index (κ3) is 3.77. The van der Waals surface area contributed by atoms with Gasteiger partial charge >= 0.3 is 0 Å². The van der Waals surface area contributed by atoms with E-state index >= 15 is 0 Å². The Bertz CT molecular complexity index is 887. The zero-order valence-electron chi connectivity index (χ0n) is 15.6. The molecule has 0 spiro atoms. The first kappa shape index (κ1) is 18.2. The molecule has 2 aliphatic heterocycles. The van der Waals surface area contributed by atoms with Gasteiger partial charge < -0.3 is 9.80 Å². The monoisotopic (exact) mass is 387 g/mol. The van der Waals surface area contributed by atoms with Crippen molar-refractivity contribution in [1.29, 1.82) is 0 Å². The van der Waals surface area contributed by atoms with Crippen LogP contribution in [0.4, 0.5) is 11.6 Å². The quantitative estimate of drug-likeness (QED) is 0.798. The number of aromatic nitrogens is 2. The van der Waals surface area contributed by atoms with Gasteiger partial charge in [0.1, 0.15) is 0 Å². The van der Waals surface area contributed by atoms with Gasteiger partial charge in [-0.25, -0.2) is 8.42 Å². The normalized spacial score (nSPS) is 18.9. The minimum atomic E-state index is -3.44. The largest absolute Gasteiger partial charge is 0.355 e. The maximum atomic E-state index is 12.8.